The molecule has 0 saturated heterocycles. The smallest absolute Gasteiger partial charge is 0.116 e. The molecular weight excluding hydrogens is 136 g/mol. The Balaban J connectivity index is 3.14. The van der Waals surface area contributed by atoms with Gasteiger partial charge in [0.2, 0.25) is 0 Å². The third-order valence-electron chi connectivity index (χ3n) is 1.32. The average molecular weight is 146 g/mol. The van der Waals surface area contributed by atoms with Crippen LogP contribution >= 0.6 is 0 Å². The average Bonchev–Trinajstić information content (AvgIpc) is 2.32. The van der Waals surface area contributed by atoms with Crippen LogP contribution in [0.15, 0.2) is 6.08 Å². The Labute approximate surface area is 66.4 Å². The van der Waals surface area contributed by atoms with Gasteiger partial charge in [0.25, 0.3) is 0 Å². The fourth-order valence-electron chi connectivity index (χ4n) is 0.898. The van der Waals surface area contributed by atoms with Crippen molar-refractivity contribution in [3.05, 3.63) is 23.3 Å². The maximum Gasteiger partial charge on any atom is 0.116 e. The number of hydrogen-bond acceptors (Lipinski definition) is 1. The summed E-state index contributed by atoms with van der Waals surface area (Å²) < 4.78 is 0. The molecule has 1 N–H and O–H groups in total. The number of nitrogens with one attached hydrogen (secondary N) is 1. The summed E-state index contributed by atoms with van der Waals surface area (Å²) in [6.45, 7) is 3.82. The summed E-state index contributed by atoms with van der Waals surface area (Å²) in [7, 11) is 0. The first-order chi connectivity index (χ1) is 5.27. The van der Waals surface area contributed by atoms with Crippen LogP contribution in [-0.2, 0) is 0 Å². The van der Waals surface area contributed by atoms with Gasteiger partial charge in [0.15, 0.2) is 0 Å². The van der Waals surface area contributed by atoms with Crippen LogP contribution in [-0.4, -0.2) is 9.97 Å². The van der Waals surface area contributed by atoms with Gasteiger partial charge in [-0.3, -0.25) is 0 Å². The zero-order valence-corrected chi connectivity index (χ0v) is 6.68. The molecule has 1 heterocycles. The molecule has 1 aromatic heterocycles. The molecule has 0 aliphatic carbocycles. The van der Waals surface area contributed by atoms with Gasteiger partial charge in [-0.1, -0.05) is 12.0 Å². The number of nitrogens with zero attached hydrogens (tertiary/aromatic N) is 1. The molecule has 0 aliphatic rings. The van der Waals surface area contributed by atoms with Crippen molar-refractivity contribution in [2.45, 2.75) is 13.8 Å². The van der Waals surface area contributed by atoms with Crippen LogP contribution in [0.5, 0.6) is 0 Å². The largest absolute Gasteiger partial charge is 0.335 e. The summed E-state index contributed by atoms with van der Waals surface area (Å²) >= 11 is 0. The van der Waals surface area contributed by atoms with Crippen molar-refractivity contribution in [3.8, 4) is 12.3 Å². The number of hydrogen-bond donors (Lipinski definition) is 1. The lowest BCUT2D eigenvalue weighted by Gasteiger charge is -1.83. The van der Waals surface area contributed by atoms with E-state index in [1.807, 2.05) is 26.0 Å². The van der Waals surface area contributed by atoms with Crippen LogP contribution in [0.4, 0.5) is 0 Å². The number of aryl methyl sites for hydroxylation is 1. The van der Waals surface area contributed by atoms with E-state index in [1.165, 1.54) is 0 Å². The van der Waals surface area contributed by atoms with Gasteiger partial charge in [-0.15, -0.1) is 6.42 Å². The van der Waals surface area contributed by atoms with Gasteiger partial charge in [-0.25, -0.2) is 4.98 Å². The molecule has 0 aromatic carbocycles. The molecule has 1 rings (SSSR count). The molecule has 56 valence electrons. The van der Waals surface area contributed by atoms with E-state index in [0.29, 0.717) is 0 Å². The molecule has 11 heavy (non-hydrogen) atoms. The monoisotopic (exact) mass is 146 g/mol. The topological polar surface area (TPSA) is 28.7 Å². The Morgan fingerprint density at radius 3 is 2.91 bits per heavy atom. The van der Waals surface area contributed by atoms with E-state index in [-0.39, 0.29) is 0 Å². The summed E-state index contributed by atoms with van der Waals surface area (Å²) in [5.41, 5.74) is 1.59. The highest BCUT2D eigenvalue weighted by Crippen LogP contribution is 2.05. The van der Waals surface area contributed by atoms with Gasteiger partial charge in [0, 0.05) is 0 Å². The maximum atomic E-state index is 5.24. The van der Waals surface area contributed by atoms with Crippen LogP contribution in [0.25, 0.3) is 6.08 Å². The SMILES string of the molecule is C#Cc1[nH]c(C)nc1/C=C\C. The Morgan fingerprint density at radius 2 is 2.36 bits per heavy atom. The van der Waals surface area contributed by atoms with E-state index in [9.17, 15) is 0 Å². The number of H-pyrrole nitrogens is 1. The molecule has 0 aliphatic heterocycles. The predicted molar refractivity (Wildman–Crippen MR) is 46.0 cm³/mol. The number of aromatic nitrogens is 2. The predicted octanol–water partition coefficient (Wildman–Crippen LogP) is 1.73. The molecule has 0 bridgehead atoms. The summed E-state index contributed by atoms with van der Waals surface area (Å²) in [6, 6.07) is 0. The minimum Gasteiger partial charge on any atom is -0.335 e. The first-order valence-electron chi connectivity index (χ1n) is 3.44. The molecule has 2 nitrogen and oxygen atoms in total. The Morgan fingerprint density at radius 1 is 1.64 bits per heavy atom. The van der Waals surface area contributed by atoms with E-state index in [0.717, 1.165) is 17.2 Å². The molecule has 2 heteroatoms. The lowest BCUT2D eigenvalue weighted by molar-refractivity contribution is 1.14. The van der Waals surface area contributed by atoms with Crippen molar-refractivity contribution in [1.29, 1.82) is 0 Å². The zero-order chi connectivity index (χ0) is 8.27. The number of aromatic amines is 1. The number of imidazole rings is 1. The van der Waals surface area contributed by atoms with Gasteiger partial charge < -0.3 is 4.98 Å². The van der Waals surface area contributed by atoms with Gasteiger partial charge >= 0.3 is 0 Å². The van der Waals surface area contributed by atoms with Gasteiger partial charge in [-0.2, -0.15) is 0 Å². The normalized spacial score (nSPS) is 10.3. The van der Waals surface area contributed by atoms with Crippen LogP contribution < -0.4 is 0 Å². The van der Waals surface area contributed by atoms with Gasteiger partial charge in [-0.05, 0) is 19.9 Å². The summed E-state index contributed by atoms with van der Waals surface area (Å²) in [5, 5.41) is 0. The third-order valence-corrected chi connectivity index (χ3v) is 1.32. The van der Waals surface area contributed by atoms with Crippen LogP contribution in [0.2, 0.25) is 0 Å². The maximum absolute atomic E-state index is 5.24. The molecule has 1 aromatic rings. The Hall–Kier alpha value is -1.49. The summed E-state index contributed by atoms with van der Waals surface area (Å²) in [4.78, 5) is 7.17. The second-order valence-corrected chi connectivity index (χ2v) is 2.23. The molecule has 0 saturated carbocycles. The summed E-state index contributed by atoms with van der Waals surface area (Å²) in [5.74, 6) is 3.38. The highest BCUT2D eigenvalue weighted by Gasteiger charge is 2.00. The molecule has 0 atom stereocenters. The van der Waals surface area contributed by atoms with Crippen molar-refractivity contribution in [3.63, 3.8) is 0 Å². The van der Waals surface area contributed by atoms with E-state index in [1.54, 1.807) is 0 Å². The number of allylic oxidation sites excluding steroid dienone is 1. The standard InChI is InChI=1S/C9H10N2/c1-4-6-9-8(5-2)10-7(3)11-9/h2,4,6H,1,3H3,(H,10,11)/b6-4-. The van der Waals surface area contributed by atoms with Gasteiger partial charge in [0.05, 0.1) is 5.69 Å². The summed E-state index contributed by atoms with van der Waals surface area (Å²) in [6.07, 6.45) is 9.04. The first-order valence-corrected chi connectivity index (χ1v) is 3.44. The molecular formula is C9H10N2. The highest BCUT2D eigenvalue weighted by molar-refractivity contribution is 5.52. The number of rotatable bonds is 1. The fourth-order valence-corrected chi connectivity index (χ4v) is 0.898. The number of terminal acetylenes is 1. The lowest BCUT2D eigenvalue weighted by Crippen LogP contribution is -1.76. The van der Waals surface area contributed by atoms with Gasteiger partial charge in [0.1, 0.15) is 11.5 Å². The van der Waals surface area contributed by atoms with Crippen molar-refractivity contribution in [1.82, 2.24) is 9.97 Å². The Bertz CT molecular complexity index is 313. The lowest BCUT2D eigenvalue weighted by atomic mass is 10.3. The van der Waals surface area contributed by atoms with Crippen LogP contribution in [0.3, 0.4) is 0 Å². The third kappa shape index (κ3) is 1.50. The van der Waals surface area contributed by atoms with E-state index >= 15 is 0 Å². The molecule has 0 fully saturated rings. The van der Waals surface area contributed by atoms with Crippen molar-refractivity contribution >= 4 is 6.08 Å². The Kier molecular flexibility index (Phi) is 2.12. The zero-order valence-electron chi connectivity index (χ0n) is 6.68. The molecule has 0 unspecified atom stereocenters. The highest BCUT2D eigenvalue weighted by atomic mass is 14.9. The quantitative estimate of drug-likeness (QED) is 0.600. The van der Waals surface area contributed by atoms with Crippen molar-refractivity contribution < 1.29 is 0 Å². The second-order valence-electron chi connectivity index (χ2n) is 2.23. The minimum absolute atomic E-state index is 0.751. The molecule has 0 amide bonds. The van der Waals surface area contributed by atoms with Crippen LogP contribution in [0, 0.1) is 19.3 Å². The minimum atomic E-state index is 0.751. The first kappa shape index (κ1) is 7.62. The van der Waals surface area contributed by atoms with Crippen molar-refractivity contribution in [2.24, 2.45) is 0 Å². The van der Waals surface area contributed by atoms with Crippen molar-refractivity contribution in [2.75, 3.05) is 0 Å². The molecule has 0 spiro atoms. The molecule has 0 radical (unpaired) electrons. The fraction of sp³-hybridized carbons (Fsp3) is 0.222. The van der Waals surface area contributed by atoms with Crippen LogP contribution in [0.1, 0.15) is 24.1 Å². The second kappa shape index (κ2) is 3.07. The van der Waals surface area contributed by atoms with E-state index in [4.69, 9.17) is 6.42 Å². The van der Waals surface area contributed by atoms with E-state index in [2.05, 4.69) is 15.9 Å². The van der Waals surface area contributed by atoms with E-state index < -0.39 is 0 Å².